The van der Waals surface area contributed by atoms with Gasteiger partial charge in [0.1, 0.15) is 16.7 Å². The third kappa shape index (κ3) is 4.13. The zero-order chi connectivity index (χ0) is 19.9. The van der Waals surface area contributed by atoms with Crippen LogP contribution < -0.4 is 4.74 Å². The lowest BCUT2D eigenvalue weighted by atomic mass is 10.2. The molecule has 0 spiro atoms. The summed E-state index contributed by atoms with van der Waals surface area (Å²) < 4.78 is 82.0. The maximum absolute atomic E-state index is 12.8. The molecule has 0 atom stereocenters. The van der Waals surface area contributed by atoms with E-state index in [-0.39, 0.29) is 5.69 Å². The summed E-state index contributed by atoms with van der Waals surface area (Å²) in [4.78, 5) is -0.672. The highest BCUT2D eigenvalue weighted by molar-refractivity contribution is 8.00. The Labute approximate surface area is 156 Å². The van der Waals surface area contributed by atoms with E-state index >= 15 is 0 Å². The highest BCUT2D eigenvalue weighted by Gasteiger charge is 2.37. The molecule has 4 nitrogen and oxygen atoms in total. The van der Waals surface area contributed by atoms with Gasteiger partial charge in [-0.2, -0.15) is 41.4 Å². The first-order chi connectivity index (χ1) is 11.9. The van der Waals surface area contributed by atoms with Crippen LogP contribution in [0.15, 0.2) is 17.0 Å². The van der Waals surface area contributed by atoms with Gasteiger partial charge in [-0.1, -0.05) is 23.2 Å². The zero-order valence-electron chi connectivity index (χ0n) is 12.3. The second-order valence-corrected chi connectivity index (χ2v) is 6.43. The average molecular weight is 436 g/mol. The number of hydrogen-bond donors (Lipinski definition) is 0. The number of halogens is 8. The van der Waals surface area contributed by atoms with Gasteiger partial charge in [0.05, 0.1) is 22.7 Å². The molecule has 0 unspecified atom stereocenters. The normalized spacial score (nSPS) is 12.2. The highest BCUT2D eigenvalue weighted by Crippen LogP contribution is 2.46. The van der Waals surface area contributed by atoms with Crippen molar-refractivity contribution in [3.63, 3.8) is 0 Å². The number of aromatic nitrogens is 2. The zero-order valence-corrected chi connectivity index (χ0v) is 14.7. The summed E-state index contributed by atoms with van der Waals surface area (Å²) in [7, 11) is 1.00. The van der Waals surface area contributed by atoms with E-state index in [1.807, 2.05) is 0 Å². The quantitative estimate of drug-likeness (QED) is 0.458. The second kappa shape index (κ2) is 7.09. The molecule has 140 valence electrons. The van der Waals surface area contributed by atoms with Gasteiger partial charge < -0.3 is 4.74 Å². The number of alkyl halides is 6. The van der Waals surface area contributed by atoms with Crippen molar-refractivity contribution >= 4 is 35.0 Å². The lowest BCUT2D eigenvalue weighted by Crippen LogP contribution is -2.08. The van der Waals surface area contributed by atoms with Crippen LogP contribution in [0.25, 0.3) is 5.69 Å². The number of hydrogen-bond acceptors (Lipinski definition) is 4. The minimum atomic E-state index is -4.76. The van der Waals surface area contributed by atoms with Gasteiger partial charge in [-0.15, -0.1) is 0 Å². The van der Waals surface area contributed by atoms with E-state index in [9.17, 15) is 26.3 Å². The third-order valence-corrected chi connectivity index (χ3v) is 4.25. The number of thioether (sulfide) groups is 1. The van der Waals surface area contributed by atoms with Gasteiger partial charge in [-0.25, -0.2) is 0 Å². The summed E-state index contributed by atoms with van der Waals surface area (Å²) in [6.07, 6.45) is -4.74. The number of nitrogens with zero attached hydrogens (tertiary/aromatic N) is 3. The molecule has 2 aromatic rings. The minimum Gasteiger partial charge on any atom is -0.480 e. The molecule has 1 aromatic carbocycles. The van der Waals surface area contributed by atoms with E-state index < -0.39 is 55.5 Å². The van der Waals surface area contributed by atoms with Gasteiger partial charge >= 0.3 is 11.7 Å². The minimum absolute atomic E-state index is 0.358. The second-order valence-electron chi connectivity index (χ2n) is 4.54. The Kier molecular flexibility index (Phi) is 5.60. The molecule has 0 aliphatic carbocycles. The summed E-state index contributed by atoms with van der Waals surface area (Å²) >= 11 is 11.0. The molecule has 0 aliphatic rings. The lowest BCUT2D eigenvalue weighted by Gasteiger charge is -2.14. The average Bonchev–Trinajstić information content (AvgIpc) is 2.81. The summed E-state index contributed by atoms with van der Waals surface area (Å²) in [5.41, 5.74) is -6.94. The van der Waals surface area contributed by atoms with E-state index in [1.54, 1.807) is 0 Å². The number of methoxy groups -OCH3 is 1. The Bertz CT molecular complexity index is 865. The molecular formula is C13H5Cl2F6N3OS. The van der Waals surface area contributed by atoms with Crippen molar-refractivity contribution in [3.05, 3.63) is 33.4 Å². The van der Waals surface area contributed by atoms with Crippen LogP contribution in [0, 0.1) is 11.3 Å². The van der Waals surface area contributed by atoms with Crippen LogP contribution in [0.4, 0.5) is 26.3 Å². The van der Waals surface area contributed by atoms with E-state index in [4.69, 9.17) is 33.2 Å². The van der Waals surface area contributed by atoms with Gasteiger partial charge in [-0.05, 0) is 23.9 Å². The first-order valence-electron chi connectivity index (χ1n) is 6.28. The first-order valence-corrected chi connectivity index (χ1v) is 7.85. The summed E-state index contributed by atoms with van der Waals surface area (Å²) in [6.45, 7) is 0. The summed E-state index contributed by atoms with van der Waals surface area (Å²) in [5.74, 6) is -0.549. The Balaban J connectivity index is 2.72. The smallest absolute Gasteiger partial charge is 0.446 e. The Morgan fingerprint density at radius 3 is 2.08 bits per heavy atom. The standard InChI is InChI=1S/C13H5Cl2F6N3OS/c1-25-11-10(26-13(19,20)21)8(4-22)23-24(11)9-6(14)2-5(3-7(9)15)12(16,17)18/h2-3H,1H3. The summed E-state index contributed by atoms with van der Waals surface area (Å²) in [6, 6.07) is 2.53. The van der Waals surface area contributed by atoms with Crippen LogP contribution in [-0.4, -0.2) is 22.4 Å². The molecule has 0 radical (unpaired) electrons. The van der Waals surface area contributed by atoms with Crippen LogP contribution in [-0.2, 0) is 6.18 Å². The van der Waals surface area contributed by atoms with Gasteiger partial charge in [0, 0.05) is 0 Å². The van der Waals surface area contributed by atoms with Crippen LogP contribution in [0.3, 0.4) is 0 Å². The fraction of sp³-hybridized carbons (Fsp3) is 0.231. The van der Waals surface area contributed by atoms with Crippen LogP contribution in [0.5, 0.6) is 5.88 Å². The molecule has 0 amide bonds. The molecule has 1 aromatic heterocycles. The van der Waals surface area contributed by atoms with Crippen molar-refractivity contribution < 1.29 is 31.1 Å². The van der Waals surface area contributed by atoms with E-state index in [1.165, 1.54) is 6.07 Å². The van der Waals surface area contributed by atoms with Crippen molar-refractivity contribution in [2.45, 2.75) is 16.6 Å². The van der Waals surface area contributed by atoms with Crippen molar-refractivity contribution in [2.75, 3.05) is 7.11 Å². The van der Waals surface area contributed by atoms with Crippen LogP contribution >= 0.6 is 35.0 Å². The number of nitriles is 1. The SMILES string of the molecule is COc1c(SC(F)(F)F)c(C#N)nn1-c1c(Cl)cc(C(F)(F)F)cc1Cl. The fourth-order valence-corrected chi connectivity index (χ4v) is 3.25. The molecular weight excluding hydrogens is 431 g/mol. The molecule has 0 N–H and O–H groups in total. The topological polar surface area (TPSA) is 50.8 Å². The van der Waals surface area contributed by atoms with Crippen LogP contribution in [0.1, 0.15) is 11.3 Å². The molecule has 0 fully saturated rings. The highest BCUT2D eigenvalue weighted by atomic mass is 35.5. The molecule has 13 heteroatoms. The van der Waals surface area contributed by atoms with Gasteiger partial charge in [0.25, 0.3) is 0 Å². The molecule has 0 aliphatic heterocycles. The molecule has 0 bridgehead atoms. The number of rotatable bonds is 3. The maximum atomic E-state index is 12.8. The first kappa shape index (κ1) is 20.5. The van der Waals surface area contributed by atoms with E-state index in [2.05, 4.69) is 5.10 Å². The number of benzene rings is 1. The number of ether oxygens (including phenoxy) is 1. The fourth-order valence-electron chi connectivity index (χ4n) is 1.93. The third-order valence-electron chi connectivity index (χ3n) is 2.87. The van der Waals surface area contributed by atoms with Gasteiger partial charge in [0.15, 0.2) is 5.69 Å². The van der Waals surface area contributed by atoms with Crippen molar-refractivity contribution in [2.24, 2.45) is 0 Å². The molecule has 2 rings (SSSR count). The van der Waals surface area contributed by atoms with Crippen LogP contribution in [0.2, 0.25) is 10.0 Å². The van der Waals surface area contributed by atoms with E-state index in [0.29, 0.717) is 16.8 Å². The molecule has 26 heavy (non-hydrogen) atoms. The van der Waals surface area contributed by atoms with Crippen molar-refractivity contribution in [1.82, 2.24) is 9.78 Å². The Morgan fingerprint density at radius 1 is 1.15 bits per heavy atom. The van der Waals surface area contributed by atoms with E-state index in [0.717, 1.165) is 7.11 Å². The Hall–Kier alpha value is -1.77. The lowest BCUT2D eigenvalue weighted by molar-refractivity contribution is -0.137. The molecule has 0 saturated heterocycles. The maximum Gasteiger partial charge on any atom is 0.446 e. The predicted molar refractivity (Wildman–Crippen MR) is 81.8 cm³/mol. The van der Waals surface area contributed by atoms with Crippen molar-refractivity contribution in [3.8, 4) is 17.6 Å². The van der Waals surface area contributed by atoms with Gasteiger partial charge in [0.2, 0.25) is 5.88 Å². The molecule has 0 saturated carbocycles. The molecule has 1 heterocycles. The summed E-state index contributed by atoms with van der Waals surface area (Å²) in [5, 5.41) is 11.5. The van der Waals surface area contributed by atoms with Crippen molar-refractivity contribution in [1.29, 1.82) is 5.26 Å². The monoisotopic (exact) mass is 435 g/mol. The largest absolute Gasteiger partial charge is 0.480 e. The Morgan fingerprint density at radius 2 is 1.69 bits per heavy atom. The van der Waals surface area contributed by atoms with Gasteiger partial charge in [-0.3, -0.25) is 0 Å². The predicted octanol–water partition coefficient (Wildman–Crippen LogP) is 5.69.